The highest BCUT2D eigenvalue weighted by molar-refractivity contribution is 5.83. The third-order valence-corrected chi connectivity index (χ3v) is 3.97. The van der Waals surface area contributed by atoms with E-state index in [4.69, 9.17) is 10.2 Å². The molecule has 2 N–H and O–H groups in total. The van der Waals surface area contributed by atoms with E-state index in [1.807, 2.05) is 38.1 Å². The van der Waals surface area contributed by atoms with Gasteiger partial charge in [0, 0.05) is 10.9 Å². The fourth-order valence-corrected chi connectivity index (χ4v) is 2.60. The van der Waals surface area contributed by atoms with E-state index in [0.717, 1.165) is 27.7 Å². The number of rotatable bonds is 2. The standard InChI is InChI=1S/C18H18FNO/c1-10-4-7-14-12(3)18(21-16(14)8-10)17(20)13-6-5-11(2)15(19)9-13/h4-9,17H,20H2,1-3H3. The third kappa shape index (κ3) is 2.34. The van der Waals surface area contributed by atoms with Crippen LogP contribution in [0.3, 0.4) is 0 Å². The SMILES string of the molecule is Cc1ccc2c(C)c(C(N)c3ccc(C)c(F)c3)oc2c1. The first-order valence-electron chi connectivity index (χ1n) is 6.98. The molecule has 3 heteroatoms. The Morgan fingerprint density at radius 1 is 1.05 bits per heavy atom. The van der Waals surface area contributed by atoms with Crippen LogP contribution in [0.25, 0.3) is 11.0 Å². The summed E-state index contributed by atoms with van der Waals surface area (Å²) >= 11 is 0. The Balaban J connectivity index is 2.10. The van der Waals surface area contributed by atoms with Gasteiger partial charge in [0.05, 0.1) is 6.04 Å². The van der Waals surface area contributed by atoms with Crippen LogP contribution < -0.4 is 5.73 Å². The molecule has 1 aromatic heterocycles. The second kappa shape index (κ2) is 5.01. The summed E-state index contributed by atoms with van der Waals surface area (Å²) in [5, 5.41) is 1.05. The fraction of sp³-hybridized carbons (Fsp3) is 0.222. The van der Waals surface area contributed by atoms with E-state index in [9.17, 15) is 4.39 Å². The van der Waals surface area contributed by atoms with Crippen LogP contribution in [0.2, 0.25) is 0 Å². The monoisotopic (exact) mass is 283 g/mol. The molecular weight excluding hydrogens is 265 g/mol. The van der Waals surface area contributed by atoms with Crippen molar-refractivity contribution in [3.05, 3.63) is 70.2 Å². The summed E-state index contributed by atoms with van der Waals surface area (Å²) < 4.78 is 19.6. The second-order valence-corrected chi connectivity index (χ2v) is 5.58. The topological polar surface area (TPSA) is 39.2 Å². The number of halogens is 1. The van der Waals surface area contributed by atoms with Gasteiger partial charge in [-0.25, -0.2) is 4.39 Å². The Kier molecular flexibility index (Phi) is 3.30. The minimum absolute atomic E-state index is 0.243. The lowest BCUT2D eigenvalue weighted by molar-refractivity contribution is 0.519. The number of fused-ring (bicyclic) bond motifs is 1. The van der Waals surface area contributed by atoms with Crippen molar-refractivity contribution in [1.29, 1.82) is 0 Å². The minimum Gasteiger partial charge on any atom is -0.459 e. The molecule has 1 atom stereocenters. The van der Waals surface area contributed by atoms with Gasteiger partial charge >= 0.3 is 0 Å². The summed E-state index contributed by atoms with van der Waals surface area (Å²) in [5.41, 5.74) is 10.6. The van der Waals surface area contributed by atoms with Crippen molar-refractivity contribution in [2.45, 2.75) is 26.8 Å². The van der Waals surface area contributed by atoms with Crippen LogP contribution >= 0.6 is 0 Å². The summed E-state index contributed by atoms with van der Waals surface area (Å²) in [6.45, 7) is 5.74. The van der Waals surface area contributed by atoms with Gasteiger partial charge in [0.25, 0.3) is 0 Å². The molecule has 3 aromatic rings. The van der Waals surface area contributed by atoms with Crippen molar-refractivity contribution in [2.24, 2.45) is 5.73 Å². The maximum atomic E-state index is 13.7. The highest BCUT2D eigenvalue weighted by Crippen LogP contribution is 2.32. The van der Waals surface area contributed by atoms with Gasteiger partial charge in [-0.2, -0.15) is 0 Å². The van der Waals surface area contributed by atoms with Gasteiger partial charge in [-0.3, -0.25) is 0 Å². The molecule has 0 spiro atoms. The molecule has 1 unspecified atom stereocenters. The van der Waals surface area contributed by atoms with Gasteiger partial charge in [-0.05, 0) is 49.6 Å². The van der Waals surface area contributed by atoms with Crippen molar-refractivity contribution in [3.8, 4) is 0 Å². The Hall–Kier alpha value is -2.13. The molecule has 21 heavy (non-hydrogen) atoms. The fourth-order valence-electron chi connectivity index (χ4n) is 2.60. The zero-order valence-corrected chi connectivity index (χ0v) is 12.4. The first-order valence-corrected chi connectivity index (χ1v) is 6.98. The first kappa shape index (κ1) is 13.8. The van der Waals surface area contributed by atoms with Crippen molar-refractivity contribution < 1.29 is 8.81 Å². The maximum absolute atomic E-state index is 13.7. The van der Waals surface area contributed by atoms with Gasteiger partial charge in [-0.1, -0.05) is 24.3 Å². The summed E-state index contributed by atoms with van der Waals surface area (Å²) in [4.78, 5) is 0. The van der Waals surface area contributed by atoms with Crippen LogP contribution in [-0.2, 0) is 0 Å². The largest absolute Gasteiger partial charge is 0.459 e. The van der Waals surface area contributed by atoms with Crippen LogP contribution in [0.5, 0.6) is 0 Å². The molecule has 0 aliphatic carbocycles. The van der Waals surface area contributed by atoms with Crippen LogP contribution in [0.1, 0.15) is 34.1 Å². The van der Waals surface area contributed by atoms with Crippen LogP contribution in [-0.4, -0.2) is 0 Å². The molecule has 0 saturated heterocycles. The quantitative estimate of drug-likeness (QED) is 0.749. The average Bonchev–Trinajstić information content (AvgIpc) is 2.77. The number of benzene rings is 2. The number of furan rings is 1. The molecule has 0 bridgehead atoms. The molecular formula is C18H18FNO. The predicted octanol–water partition coefficient (Wildman–Crippen LogP) is 4.55. The Morgan fingerprint density at radius 2 is 1.81 bits per heavy atom. The summed E-state index contributed by atoms with van der Waals surface area (Å²) in [5.74, 6) is 0.450. The van der Waals surface area contributed by atoms with E-state index in [-0.39, 0.29) is 5.82 Å². The lowest BCUT2D eigenvalue weighted by Crippen LogP contribution is -2.12. The highest BCUT2D eigenvalue weighted by Gasteiger charge is 2.19. The Morgan fingerprint density at radius 3 is 2.52 bits per heavy atom. The molecule has 108 valence electrons. The van der Waals surface area contributed by atoms with E-state index in [0.29, 0.717) is 11.3 Å². The van der Waals surface area contributed by atoms with Gasteiger partial charge < -0.3 is 10.2 Å². The van der Waals surface area contributed by atoms with E-state index >= 15 is 0 Å². The number of hydrogen-bond donors (Lipinski definition) is 1. The van der Waals surface area contributed by atoms with Gasteiger partial charge in [0.2, 0.25) is 0 Å². The van der Waals surface area contributed by atoms with Gasteiger partial charge in [-0.15, -0.1) is 0 Å². The zero-order valence-electron chi connectivity index (χ0n) is 12.4. The summed E-state index contributed by atoms with van der Waals surface area (Å²) in [6, 6.07) is 10.7. The summed E-state index contributed by atoms with van der Waals surface area (Å²) in [6.07, 6.45) is 0. The van der Waals surface area contributed by atoms with Gasteiger partial charge in [0.1, 0.15) is 17.2 Å². The molecule has 0 aliphatic rings. The van der Waals surface area contributed by atoms with E-state index in [1.54, 1.807) is 13.0 Å². The van der Waals surface area contributed by atoms with Crippen molar-refractivity contribution in [1.82, 2.24) is 0 Å². The minimum atomic E-state index is -0.465. The predicted molar refractivity (Wildman–Crippen MR) is 82.9 cm³/mol. The molecule has 3 rings (SSSR count). The highest BCUT2D eigenvalue weighted by atomic mass is 19.1. The summed E-state index contributed by atoms with van der Waals surface area (Å²) in [7, 11) is 0. The molecule has 0 radical (unpaired) electrons. The zero-order chi connectivity index (χ0) is 15.1. The van der Waals surface area contributed by atoms with E-state index in [2.05, 4.69) is 0 Å². The van der Waals surface area contributed by atoms with Crippen LogP contribution in [0.4, 0.5) is 4.39 Å². The molecule has 0 amide bonds. The molecule has 0 aliphatic heterocycles. The molecule has 2 aromatic carbocycles. The number of nitrogens with two attached hydrogens (primary N) is 1. The van der Waals surface area contributed by atoms with Crippen LogP contribution in [0.15, 0.2) is 40.8 Å². The molecule has 0 saturated carbocycles. The number of aryl methyl sites for hydroxylation is 3. The lowest BCUT2D eigenvalue weighted by Gasteiger charge is -2.11. The van der Waals surface area contributed by atoms with E-state index in [1.165, 1.54) is 6.07 Å². The first-order chi connectivity index (χ1) is 9.97. The lowest BCUT2D eigenvalue weighted by atomic mass is 10.00. The average molecular weight is 283 g/mol. The third-order valence-electron chi connectivity index (χ3n) is 3.97. The van der Waals surface area contributed by atoms with Gasteiger partial charge in [0.15, 0.2) is 0 Å². The van der Waals surface area contributed by atoms with Crippen molar-refractivity contribution in [2.75, 3.05) is 0 Å². The van der Waals surface area contributed by atoms with Crippen LogP contribution in [0, 0.1) is 26.6 Å². The van der Waals surface area contributed by atoms with Crippen molar-refractivity contribution >= 4 is 11.0 Å². The Labute approximate surface area is 123 Å². The maximum Gasteiger partial charge on any atom is 0.134 e. The smallest absolute Gasteiger partial charge is 0.134 e. The number of hydrogen-bond acceptors (Lipinski definition) is 2. The second-order valence-electron chi connectivity index (χ2n) is 5.58. The van der Waals surface area contributed by atoms with Crippen molar-refractivity contribution in [3.63, 3.8) is 0 Å². The Bertz CT molecular complexity index is 819. The molecule has 1 heterocycles. The molecule has 2 nitrogen and oxygen atoms in total. The molecule has 0 fully saturated rings. The van der Waals surface area contributed by atoms with E-state index < -0.39 is 6.04 Å². The normalized spacial score (nSPS) is 12.8.